The van der Waals surface area contributed by atoms with E-state index in [1.807, 2.05) is 6.07 Å². The van der Waals surface area contributed by atoms with Gasteiger partial charge in [0, 0.05) is 11.6 Å². The Balaban J connectivity index is 2.39. The molecule has 1 fully saturated rings. The number of benzene rings is 1. The van der Waals surface area contributed by atoms with E-state index in [-0.39, 0.29) is 5.06 Å². The fourth-order valence-corrected chi connectivity index (χ4v) is 1.86. The quantitative estimate of drug-likeness (QED) is 0.612. The maximum Gasteiger partial charge on any atom is 0.338 e. The van der Waals surface area contributed by atoms with E-state index in [2.05, 4.69) is 4.74 Å². The number of rotatable bonds is 3. The van der Waals surface area contributed by atoms with Crippen molar-refractivity contribution in [2.45, 2.75) is 18.8 Å². The summed E-state index contributed by atoms with van der Waals surface area (Å²) >= 11 is 0. The molecule has 0 heterocycles. The maximum absolute atomic E-state index is 11.5. The Morgan fingerprint density at radius 1 is 1.50 bits per heavy atom. The van der Waals surface area contributed by atoms with Crippen LogP contribution in [0.15, 0.2) is 18.2 Å². The van der Waals surface area contributed by atoms with Gasteiger partial charge in [0.05, 0.1) is 19.7 Å². The van der Waals surface area contributed by atoms with Crippen molar-refractivity contribution in [1.29, 1.82) is 0 Å². The summed E-state index contributed by atoms with van der Waals surface area (Å²) < 4.78 is 4.64. The molecule has 0 saturated heterocycles. The highest BCUT2D eigenvalue weighted by atomic mass is 16.5. The standard InChI is InChI=1S/C12H15NO3/c1-13(15)11-7-9(12(14)16-2)5-6-10(11)8-3-4-8/h5-8,13H,3-4H2,1-2H3. The molecule has 4 heteroatoms. The van der Waals surface area contributed by atoms with Crippen molar-refractivity contribution in [2.75, 3.05) is 14.2 Å². The average molecular weight is 221 g/mol. The number of esters is 1. The van der Waals surface area contributed by atoms with Gasteiger partial charge in [0.25, 0.3) is 0 Å². The molecule has 1 saturated carbocycles. The molecular weight excluding hydrogens is 206 g/mol. The summed E-state index contributed by atoms with van der Waals surface area (Å²) in [6, 6.07) is 5.24. The summed E-state index contributed by atoms with van der Waals surface area (Å²) in [7, 11) is 2.87. The summed E-state index contributed by atoms with van der Waals surface area (Å²) in [6.45, 7) is 0. The highest BCUT2D eigenvalue weighted by Gasteiger charge is 2.28. The second kappa shape index (κ2) is 4.23. The third-order valence-corrected chi connectivity index (χ3v) is 2.87. The number of methoxy groups -OCH3 is 1. The number of hydrogen-bond donors (Lipinski definition) is 1. The van der Waals surface area contributed by atoms with Gasteiger partial charge >= 0.3 is 5.97 Å². The number of ether oxygens (including phenoxy) is 1. The van der Waals surface area contributed by atoms with Gasteiger partial charge in [-0.15, -0.1) is 0 Å². The zero-order valence-electron chi connectivity index (χ0n) is 9.45. The van der Waals surface area contributed by atoms with Crippen molar-refractivity contribution in [2.24, 2.45) is 0 Å². The SMILES string of the molecule is COC(=O)c1ccc(C2CC2)c([NH+](C)[O-])c1. The van der Waals surface area contributed by atoms with E-state index < -0.39 is 5.97 Å². The molecule has 4 nitrogen and oxygen atoms in total. The van der Waals surface area contributed by atoms with Gasteiger partial charge in [-0.2, -0.15) is 0 Å². The Kier molecular flexibility index (Phi) is 2.94. The molecule has 0 radical (unpaired) electrons. The fraction of sp³-hybridized carbons (Fsp3) is 0.417. The Morgan fingerprint density at radius 2 is 2.19 bits per heavy atom. The summed E-state index contributed by atoms with van der Waals surface area (Å²) in [5.41, 5.74) is 2.17. The van der Waals surface area contributed by atoms with E-state index in [9.17, 15) is 10.0 Å². The molecule has 1 unspecified atom stereocenters. The Morgan fingerprint density at radius 3 is 2.69 bits per heavy atom. The van der Waals surface area contributed by atoms with Crippen LogP contribution in [0.2, 0.25) is 0 Å². The van der Waals surface area contributed by atoms with Gasteiger partial charge < -0.3 is 15.0 Å². The van der Waals surface area contributed by atoms with E-state index in [4.69, 9.17) is 0 Å². The van der Waals surface area contributed by atoms with Crippen molar-refractivity contribution in [3.63, 3.8) is 0 Å². The van der Waals surface area contributed by atoms with Gasteiger partial charge in [0.1, 0.15) is 5.69 Å². The van der Waals surface area contributed by atoms with Crippen molar-refractivity contribution >= 4 is 11.7 Å². The van der Waals surface area contributed by atoms with Gasteiger partial charge in [-0.3, -0.25) is 0 Å². The molecule has 0 aromatic heterocycles. The third-order valence-electron chi connectivity index (χ3n) is 2.87. The second-order valence-electron chi connectivity index (χ2n) is 4.12. The van der Waals surface area contributed by atoms with Gasteiger partial charge in [-0.05, 0) is 24.8 Å². The Bertz CT molecular complexity index is 411. The Labute approximate surface area is 94.4 Å². The molecule has 1 N–H and O–H groups in total. The lowest BCUT2D eigenvalue weighted by Crippen LogP contribution is -2.98. The molecule has 1 aromatic carbocycles. The minimum absolute atomic E-state index is 0.00709. The van der Waals surface area contributed by atoms with E-state index in [0.29, 0.717) is 17.2 Å². The minimum atomic E-state index is -0.398. The lowest BCUT2D eigenvalue weighted by molar-refractivity contribution is -0.751. The van der Waals surface area contributed by atoms with E-state index in [1.54, 1.807) is 12.1 Å². The van der Waals surface area contributed by atoms with Crippen LogP contribution in [0.25, 0.3) is 0 Å². The number of nitrogens with one attached hydrogen (secondary N) is 1. The predicted octanol–water partition coefficient (Wildman–Crippen LogP) is 0.995. The number of carbonyl (C=O) groups is 1. The summed E-state index contributed by atoms with van der Waals surface area (Å²) in [6.07, 6.45) is 2.27. The lowest BCUT2D eigenvalue weighted by Gasteiger charge is -2.19. The second-order valence-corrected chi connectivity index (χ2v) is 4.12. The van der Waals surface area contributed by atoms with Crippen LogP contribution < -0.4 is 5.06 Å². The smallest absolute Gasteiger partial charge is 0.338 e. The largest absolute Gasteiger partial charge is 0.629 e. The van der Waals surface area contributed by atoms with Crippen LogP contribution in [0.3, 0.4) is 0 Å². The first kappa shape index (κ1) is 11.1. The van der Waals surface area contributed by atoms with Gasteiger partial charge in [-0.25, -0.2) is 4.79 Å². The maximum atomic E-state index is 11.5. The van der Waals surface area contributed by atoms with E-state index >= 15 is 0 Å². The van der Waals surface area contributed by atoms with Crippen LogP contribution >= 0.6 is 0 Å². The molecule has 1 atom stereocenters. The monoisotopic (exact) mass is 221 g/mol. The number of carbonyl (C=O) groups excluding carboxylic acids is 1. The molecule has 0 bridgehead atoms. The molecular formula is C12H15NO3. The molecule has 86 valence electrons. The molecule has 2 rings (SSSR count). The van der Waals surface area contributed by atoms with Crippen LogP contribution in [0.1, 0.15) is 34.7 Å². The lowest BCUT2D eigenvalue weighted by atomic mass is 10.0. The normalized spacial score (nSPS) is 16.9. The van der Waals surface area contributed by atoms with Crippen LogP contribution in [0.4, 0.5) is 5.69 Å². The molecule has 1 aliphatic carbocycles. The zero-order chi connectivity index (χ0) is 11.7. The third kappa shape index (κ3) is 2.08. The Hall–Kier alpha value is -1.39. The highest BCUT2D eigenvalue weighted by Crippen LogP contribution is 2.42. The van der Waals surface area contributed by atoms with Crippen molar-refractivity contribution in [1.82, 2.24) is 0 Å². The van der Waals surface area contributed by atoms with E-state index in [0.717, 1.165) is 18.4 Å². The van der Waals surface area contributed by atoms with Crippen LogP contribution in [-0.4, -0.2) is 20.1 Å². The van der Waals surface area contributed by atoms with E-state index in [1.165, 1.54) is 14.2 Å². The first-order valence-corrected chi connectivity index (χ1v) is 5.36. The fourth-order valence-electron chi connectivity index (χ4n) is 1.86. The van der Waals surface area contributed by atoms with Crippen LogP contribution in [-0.2, 0) is 4.74 Å². The van der Waals surface area contributed by atoms with Gasteiger partial charge in [0.15, 0.2) is 0 Å². The van der Waals surface area contributed by atoms with Crippen molar-refractivity contribution < 1.29 is 14.6 Å². The minimum Gasteiger partial charge on any atom is -0.629 e. The molecule has 0 aliphatic heterocycles. The van der Waals surface area contributed by atoms with Crippen molar-refractivity contribution in [3.8, 4) is 0 Å². The summed E-state index contributed by atoms with van der Waals surface area (Å²) in [5, 5.41) is 11.5. The van der Waals surface area contributed by atoms with Gasteiger partial charge in [0.2, 0.25) is 0 Å². The topological polar surface area (TPSA) is 53.8 Å². The van der Waals surface area contributed by atoms with Crippen LogP contribution in [0.5, 0.6) is 0 Å². The summed E-state index contributed by atoms with van der Waals surface area (Å²) in [4.78, 5) is 11.4. The summed E-state index contributed by atoms with van der Waals surface area (Å²) in [5.74, 6) is 0.107. The number of quaternary nitrogens is 1. The average Bonchev–Trinajstić information content (AvgIpc) is 3.11. The van der Waals surface area contributed by atoms with Crippen molar-refractivity contribution in [3.05, 3.63) is 34.5 Å². The molecule has 1 aliphatic rings. The first-order chi connectivity index (χ1) is 7.63. The molecule has 0 amide bonds. The van der Waals surface area contributed by atoms with Crippen LogP contribution in [0, 0.1) is 5.21 Å². The number of hydroxylamine groups is 1. The highest BCUT2D eigenvalue weighted by molar-refractivity contribution is 5.90. The number of hydrogen-bond acceptors (Lipinski definition) is 3. The molecule has 16 heavy (non-hydrogen) atoms. The van der Waals surface area contributed by atoms with Gasteiger partial charge in [-0.1, -0.05) is 6.07 Å². The predicted molar refractivity (Wildman–Crippen MR) is 59.7 cm³/mol. The zero-order valence-corrected chi connectivity index (χ0v) is 9.45. The molecule has 1 aromatic rings. The first-order valence-electron chi connectivity index (χ1n) is 5.36. The molecule has 0 spiro atoms.